The number of likely N-dealkylation sites (N-methyl/N-ethyl adjacent to an activating group) is 1. The molecule has 1 atom stereocenters. The van der Waals surface area contributed by atoms with Gasteiger partial charge < -0.3 is 14.5 Å². The molecule has 1 aromatic rings. The predicted molar refractivity (Wildman–Crippen MR) is 114 cm³/mol. The van der Waals surface area contributed by atoms with Gasteiger partial charge in [0.05, 0.1) is 6.61 Å². The van der Waals surface area contributed by atoms with Gasteiger partial charge in [-0.15, -0.1) is 0 Å². The molecule has 156 valence electrons. The molecule has 2 heterocycles. The highest BCUT2D eigenvalue weighted by atomic mass is 16.6. The van der Waals surface area contributed by atoms with Crippen LogP contribution in [0.15, 0.2) is 30.3 Å². The number of likely N-dealkylation sites (tertiary alicyclic amines) is 2. The Hall–Kier alpha value is -1.59. The minimum absolute atomic E-state index is 0.147. The summed E-state index contributed by atoms with van der Waals surface area (Å²) in [5.74, 6) is 0. The minimum atomic E-state index is -0.147. The van der Waals surface area contributed by atoms with E-state index in [1.54, 1.807) is 0 Å². The van der Waals surface area contributed by atoms with Crippen LogP contribution in [0, 0.1) is 0 Å². The Labute approximate surface area is 170 Å². The van der Waals surface area contributed by atoms with E-state index >= 15 is 0 Å². The number of hydrogen-bond donors (Lipinski definition) is 0. The lowest BCUT2D eigenvalue weighted by molar-refractivity contribution is 0.0469. The lowest BCUT2D eigenvalue weighted by atomic mass is 9.97. The van der Waals surface area contributed by atoms with Gasteiger partial charge in [-0.1, -0.05) is 30.3 Å². The van der Waals surface area contributed by atoms with Crippen molar-refractivity contribution in [2.75, 3.05) is 46.4 Å². The summed E-state index contributed by atoms with van der Waals surface area (Å²) in [4.78, 5) is 19.0. The molecule has 5 nitrogen and oxygen atoms in total. The fourth-order valence-electron chi connectivity index (χ4n) is 4.69. The first kappa shape index (κ1) is 21.1. The first-order valence-electron chi connectivity index (χ1n) is 11.1. The molecule has 28 heavy (non-hydrogen) atoms. The molecule has 5 heteroatoms. The highest BCUT2D eigenvalue weighted by Gasteiger charge is 2.31. The third-order valence-electron chi connectivity index (χ3n) is 6.41. The van der Waals surface area contributed by atoms with E-state index in [4.69, 9.17) is 4.74 Å². The number of carbonyl (C=O) groups excluding carboxylic acids is 1. The Balaban J connectivity index is 1.40. The van der Waals surface area contributed by atoms with Gasteiger partial charge in [0.25, 0.3) is 0 Å². The Morgan fingerprint density at radius 2 is 1.86 bits per heavy atom. The van der Waals surface area contributed by atoms with Gasteiger partial charge in [0, 0.05) is 31.7 Å². The molecule has 0 aliphatic carbocycles. The maximum absolute atomic E-state index is 11.9. The van der Waals surface area contributed by atoms with Crippen LogP contribution in [0.4, 0.5) is 4.79 Å². The van der Waals surface area contributed by atoms with Gasteiger partial charge in [0.15, 0.2) is 0 Å². The van der Waals surface area contributed by atoms with Gasteiger partial charge in [0.2, 0.25) is 0 Å². The number of piperidine rings is 2. The molecule has 0 aromatic heterocycles. The molecular formula is C23H37N3O2. The van der Waals surface area contributed by atoms with Crippen LogP contribution < -0.4 is 0 Å². The zero-order valence-corrected chi connectivity index (χ0v) is 17.7. The molecule has 2 fully saturated rings. The van der Waals surface area contributed by atoms with Gasteiger partial charge in [-0.25, -0.2) is 4.79 Å². The molecule has 0 radical (unpaired) electrons. The summed E-state index contributed by atoms with van der Waals surface area (Å²) in [6.07, 6.45) is 6.96. The maximum atomic E-state index is 11.9. The van der Waals surface area contributed by atoms with Crippen LogP contribution in [0.5, 0.6) is 0 Å². The van der Waals surface area contributed by atoms with E-state index in [0.717, 1.165) is 25.9 Å². The normalized spacial score (nSPS) is 21.8. The summed E-state index contributed by atoms with van der Waals surface area (Å²) in [7, 11) is 2.29. The van der Waals surface area contributed by atoms with E-state index in [0.29, 0.717) is 18.7 Å². The summed E-state index contributed by atoms with van der Waals surface area (Å²) >= 11 is 0. The summed E-state index contributed by atoms with van der Waals surface area (Å²) in [6.45, 7) is 7.58. The van der Waals surface area contributed by atoms with E-state index in [1.807, 2.05) is 11.8 Å². The molecule has 1 aromatic carbocycles. The van der Waals surface area contributed by atoms with E-state index < -0.39 is 0 Å². The quantitative estimate of drug-likeness (QED) is 0.716. The highest BCUT2D eigenvalue weighted by molar-refractivity contribution is 5.67. The number of aryl methyl sites for hydroxylation is 1. The minimum Gasteiger partial charge on any atom is -0.450 e. The van der Waals surface area contributed by atoms with Crippen LogP contribution in [0.3, 0.4) is 0 Å². The molecule has 2 saturated heterocycles. The van der Waals surface area contributed by atoms with Crippen LogP contribution in [0.2, 0.25) is 0 Å². The van der Waals surface area contributed by atoms with E-state index in [1.165, 1.54) is 50.9 Å². The average Bonchev–Trinajstić information content (AvgIpc) is 2.74. The second kappa shape index (κ2) is 10.8. The van der Waals surface area contributed by atoms with Gasteiger partial charge in [-0.05, 0) is 71.1 Å². The van der Waals surface area contributed by atoms with Gasteiger partial charge in [-0.2, -0.15) is 0 Å². The third kappa shape index (κ3) is 5.95. The van der Waals surface area contributed by atoms with E-state index in [2.05, 4.69) is 47.2 Å². The number of hydrogen-bond acceptors (Lipinski definition) is 4. The molecule has 0 spiro atoms. The smallest absolute Gasteiger partial charge is 0.409 e. The van der Waals surface area contributed by atoms with Crippen molar-refractivity contribution in [3.05, 3.63) is 35.9 Å². The summed E-state index contributed by atoms with van der Waals surface area (Å²) in [5, 5.41) is 0. The summed E-state index contributed by atoms with van der Waals surface area (Å²) < 4.78 is 5.14. The molecule has 0 bridgehead atoms. The third-order valence-corrected chi connectivity index (χ3v) is 6.41. The second-order valence-electron chi connectivity index (χ2n) is 8.27. The Bertz CT molecular complexity index is 587. The van der Waals surface area contributed by atoms with Crippen LogP contribution >= 0.6 is 0 Å². The molecule has 1 amide bonds. The average molecular weight is 388 g/mol. The van der Waals surface area contributed by atoms with E-state index in [-0.39, 0.29) is 6.09 Å². The molecular weight excluding hydrogens is 350 g/mol. The highest BCUT2D eigenvalue weighted by Crippen LogP contribution is 2.23. The molecule has 0 unspecified atom stereocenters. The van der Waals surface area contributed by atoms with Crippen molar-refractivity contribution in [3.8, 4) is 0 Å². The lowest BCUT2D eigenvalue weighted by Gasteiger charge is -2.43. The topological polar surface area (TPSA) is 36.0 Å². The molecule has 0 saturated carbocycles. The van der Waals surface area contributed by atoms with Crippen molar-refractivity contribution in [2.24, 2.45) is 0 Å². The second-order valence-corrected chi connectivity index (χ2v) is 8.27. The monoisotopic (exact) mass is 387 g/mol. The van der Waals surface area contributed by atoms with Crippen molar-refractivity contribution in [2.45, 2.75) is 57.5 Å². The number of nitrogens with zero attached hydrogens (tertiary/aromatic N) is 3. The van der Waals surface area contributed by atoms with Gasteiger partial charge in [0.1, 0.15) is 0 Å². The van der Waals surface area contributed by atoms with Gasteiger partial charge in [-0.3, -0.25) is 4.90 Å². The summed E-state index contributed by atoms with van der Waals surface area (Å²) in [5.41, 5.74) is 1.45. The number of benzene rings is 1. The van der Waals surface area contributed by atoms with Crippen LogP contribution in [-0.4, -0.2) is 79.3 Å². The Morgan fingerprint density at radius 1 is 1.11 bits per heavy atom. The largest absolute Gasteiger partial charge is 0.450 e. The molecule has 0 N–H and O–H groups in total. The molecule has 2 aliphatic heterocycles. The number of rotatable bonds is 7. The molecule has 2 aliphatic rings. The van der Waals surface area contributed by atoms with Crippen molar-refractivity contribution >= 4 is 6.09 Å². The van der Waals surface area contributed by atoms with Crippen LogP contribution in [0.1, 0.15) is 44.6 Å². The lowest BCUT2D eigenvalue weighted by Crippen LogP contribution is -2.53. The number of carbonyl (C=O) groups is 1. The van der Waals surface area contributed by atoms with Crippen molar-refractivity contribution in [1.82, 2.24) is 14.7 Å². The predicted octanol–water partition coefficient (Wildman–Crippen LogP) is 3.64. The van der Waals surface area contributed by atoms with Crippen molar-refractivity contribution in [1.29, 1.82) is 0 Å². The SMILES string of the molecule is CCOC(=O)N1CCC(N(C)[C@H]2CCCN(CCCc3ccccc3)C2)CC1. The standard InChI is InChI=1S/C23H37N3O2/c1-3-28-23(27)26-17-13-21(14-18-26)24(2)22-12-8-16-25(19-22)15-7-11-20-9-5-4-6-10-20/h4-6,9-10,21-22H,3,7-8,11-19H2,1-2H3/t22-/m0/s1. The first-order chi connectivity index (χ1) is 13.7. The zero-order chi connectivity index (χ0) is 19.8. The maximum Gasteiger partial charge on any atom is 0.409 e. The van der Waals surface area contributed by atoms with Crippen LogP contribution in [-0.2, 0) is 11.2 Å². The van der Waals surface area contributed by atoms with E-state index in [9.17, 15) is 4.79 Å². The zero-order valence-electron chi connectivity index (χ0n) is 17.7. The first-order valence-corrected chi connectivity index (χ1v) is 11.1. The molecule has 3 rings (SSSR count). The number of ether oxygens (including phenoxy) is 1. The van der Waals surface area contributed by atoms with Crippen molar-refractivity contribution in [3.63, 3.8) is 0 Å². The number of amides is 1. The van der Waals surface area contributed by atoms with Crippen LogP contribution in [0.25, 0.3) is 0 Å². The summed E-state index contributed by atoms with van der Waals surface area (Å²) in [6, 6.07) is 12.0. The van der Waals surface area contributed by atoms with Crippen molar-refractivity contribution < 1.29 is 9.53 Å². The fourth-order valence-corrected chi connectivity index (χ4v) is 4.69. The Morgan fingerprint density at radius 3 is 2.57 bits per heavy atom. The Kier molecular flexibility index (Phi) is 8.16. The van der Waals surface area contributed by atoms with Gasteiger partial charge >= 0.3 is 6.09 Å². The fraction of sp³-hybridized carbons (Fsp3) is 0.696.